The maximum atomic E-state index is 13.1. The SMILES string of the molecule is Fc1ccc(P(C2CCCC2)C2CCCC2)cc1.[CH2-]Cl.[Pd]. The first-order valence-corrected chi connectivity index (χ1v) is 9.67. The zero-order valence-electron chi connectivity index (χ0n) is 12.3. The zero-order chi connectivity index (χ0) is 14.4. The molecule has 0 spiro atoms. The van der Waals surface area contributed by atoms with Gasteiger partial charge in [0, 0.05) is 20.4 Å². The van der Waals surface area contributed by atoms with Gasteiger partial charge in [-0.15, -0.1) is 0 Å². The summed E-state index contributed by atoms with van der Waals surface area (Å²) < 4.78 is 13.1. The molecule has 0 amide bonds. The molecule has 21 heavy (non-hydrogen) atoms. The molecule has 0 saturated heterocycles. The van der Waals surface area contributed by atoms with E-state index < -0.39 is 0 Å². The maximum Gasteiger partial charge on any atom is 0.123 e. The van der Waals surface area contributed by atoms with Crippen molar-refractivity contribution in [3.63, 3.8) is 0 Å². The molecule has 1 aromatic rings. The molecule has 0 unspecified atom stereocenters. The quantitative estimate of drug-likeness (QED) is 0.328. The molecule has 1 aromatic carbocycles. The first kappa shape index (κ1) is 19.6. The van der Waals surface area contributed by atoms with Gasteiger partial charge in [0.2, 0.25) is 0 Å². The van der Waals surface area contributed by atoms with Crippen LogP contribution in [0.5, 0.6) is 0 Å². The molecule has 0 aliphatic heterocycles. The van der Waals surface area contributed by atoms with Gasteiger partial charge in [0.1, 0.15) is 5.82 Å². The van der Waals surface area contributed by atoms with E-state index in [9.17, 15) is 4.39 Å². The molecule has 0 bridgehead atoms. The molecule has 0 aromatic heterocycles. The van der Waals surface area contributed by atoms with Crippen LogP contribution >= 0.6 is 19.5 Å². The largest absolute Gasteiger partial charge is 0.352 e. The third-order valence-electron chi connectivity index (χ3n) is 4.56. The van der Waals surface area contributed by atoms with Crippen LogP contribution in [0.3, 0.4) is 0 Å². The van der Waals surface area contributed by atoms with Gasteiger partial charge in [-0.25, -0.2) is 4.39 Å². The first-order chi connectivity index (χ1) is 9.84. The molecule has 2 aliphatic carbocycles. The monoisotopic (exact) mass is 419 g/mol. The van der Waals surface area contributed by atoms with Gasteiger partial charge >= 0.3 is 0 Å². The third kappa shape index (κ3) is 5.28. The molecule has 2 saturated carbocycles. The summed E-state index contributed by atoms with van der Waals surface area (Å²) in [5, 5.41) is 1.46. The Morgan fingerprint density at radius 3 is 1.62 bits per heavy atom. The average Bonchev–Trinajstić information content (AvgIpc) is 3.18. The van der Waals surface area contributed by atoms with Gasteiger partial charge in [-0.2, -0.15) is 0 Å². The van der Waals surface area contributed by atoms with Crippen LogP contribution in [0.4, 0.5) is 4.39 Å². The fraction of sp³-hybridized carbons (Fsp3) is 0.588. The van der Waals surface area contributed by atoms with Crippen molar-refractivity contribution in [2.24, 2.45) is 0 Å². The number of rotatable bonds is 3. The Kier molecular flexibility index (Phi) is 9.63. The van der Waals surface area contributed by atoms with Crippen molar-refractivity contribution in [1.29, 1.82) is 0 Å². The molecule has 2 aliphatic rings. The molecule has 0 radical (unpaired) electrons. The van der Waals surface area contributed by atoms with E-state index in [1.54, 1.807) is 12.1 Å². The van der Waals surface area contributed by atoms with E-state index in [-0.39, 0.29) is 34.2 Å². The van der Waals surface area contributed by atoms with E-state index in [0.717, 1.165) is 11.3 Å². The van der Waals surface area contributed by atoms with Crippen LogP contribution in [0.15, 0.2) is 24.3 Å². The number of hydrogen-bond donors (Lipinski definition) is 0. The van der Waals surface area contributed by atoms with Crippen LogP contribution in [-0.4, -0.2) is 11.3 Å². The van der Waals surface area contributed by atoms with Gasteiger partial charge in [0.25, 0.3) is 0 Å². The molecule has 0 atom stereocenters. The predicted octanol–water partition coefficient (Wildman–Crippen LogP) is 5.83. The van der Waals surface area contributed by atoms with E-state index in [0.29, 0.717) is 0 Å². The molecule has 2 fully saturated rings. The summed E-state index contributed by atoms with van der Waals surface area (Å²) in [6.07, 6.45) is 14.0. The Hall–Kier alpha value is 0.532. The molecule has 0 N–H and O–H groups in total. The smallest absolute Gasteiger partial charge is 0.123 e. The summed E-state index contributed by atoms with van der Waals surface area (Å²) in [5.74, 6) is -0.0912. The van der Waals surface area contributed by atoms with Crippen molar-refractivity contribution in [1.82, 2.24) is 0 Å². The van der Waals surface area contributed by atoms with Crippen molar-refractivity contribution in [2.45, 2.75) is 62.7 Å². The van der Waals surface area contributed by atoms with E-state index in [2.05, 4.69) is 30.1 Å². The second-order valence-electron chi connectivity index (χ2n) is 5.76. The summed E-state index contributed by atoms with van der Waals surface area (Å²) in [7, 11) is -0.0371. The van der Waals surface area contributed by atoms with Crippen molar-refractivity contribution in [3.05, 3.63) is 36.5 Å². The van der Waals surface area contributed by atoms with Gasteiger partial charge in [0.05, 0.1) is 0 Å². The van der Waals surface area contributed by atoms with Crippen LogP contribution in [0.25, 0.3) is 0 Å². The normalized spacial score (nSPS) is 19.2. The second-order valence-corrected chi connectivity index (χ2v) is 8.55. The zero-order valence-corrected chi connectivity index (χ0v) is 15.6. The first-order valence-electron chi connectivity index (χ1n) is 7.65. The fourth-order valence-electron chi connectivity index (χ4n) is 3.70. The number of hydrogen-bond acceptors (Lipinski definition) is 0. The minimum atomic E-state index is -0.0912. The van der Waals surface area contributed by atoms with Crippen LogP contribution in [0.2, 0.25) is 0 Å². The van der Waals surface area contributed by atoms with Crippen molar-refractivity contribution in [2.75, 3.05) is 0 Å². The Morgan fingerprint density at radius 2 is 1.24 bits per heavy atom. The number of benzene rings is 1. The summed E-state index contributed by atoms with van der Waals surface area (Å²) in [4.78, 5) is 0. The van der Waals surface area contributed by atoms with Crippen molar-refractivity contribution >= 4 is 24.8 Å². The van der Waals surface area contributed by atoms with Crippen LogP contribution < -0.4 is 5.30 Å². The molecule has 0 heterocycles. The van der Waals surface area contributed by atoms with E-state index in [1.165, 1.54) is 56.7 Å². The summed E-state index contributed by atoms with van der Waals surface area (Å²) >= 11 is 4.39. The van der Waals surface area contributed by atoms with Gasteiger partial charge in [0.15, 0.2) is 0 Å². The fourth-order valence-corrected chi connectivity index (χ4v) is 7.47. The molecule has 4 heteroatoms. The third-order valence-corrected chi connectivity index (χ3v) is 8.06. The Bertz CT molecular complexity index is 370. The molecular formula is C17H24ClFPPd-. The molecule has 0 nitrogen and oxygen atoms in total. The van der Waals surface area contributed by atoms with Gasteiger partial charge < -0.3 is 11.6 Å². The second kappa shape index (κ2) is 10.3. The Labute approximate surface area is 148 Å². The van der Waals surface area contributed by atoms with Crippen LogP contribution in [0, 0.1) is 12.2 Å². The Balaban J connectivity index is 0.000000706. The summed E-state index contributed by atoms with van der Waals surface area (Å²) in [6.45, 7) is 0. The molecule has 122 valence electrons. The van der Waals surface area contributed by atoms with Crippen LogP contribution in [0.1, 0.15) is 51.4 Å². The average molecular weight is 420 g/mol. The predicted molar refractivity (Wildman–Crippen MR) is 88.7 cm³/mol. The standard InChI is InChI=1S/C16H22FP.CH2Cl.Pd/c17-13-9-11-16(12-10-13)18(14-5-1-2-6-14)15-7-3-4-8-15;1-2;/h9-12,14-15H,1-8H2;1H2;/q;-1;. The minimum absolute atomic E-state index is 0. The van der Waals surface area contributed by atoms with E-state index >= 15 is 0 Å². The van der Waals surface area contributed by atoms with Gasteiger partial charge in [-0.3, -0.25) is 6.38 Å². The Morgan fingerprint density at radius 1 is 0.857 bits per heavy atom. The maximum absolute atomic E-state index is 13.1. The molecular weight excluding hydrogens is 396 g/mol. The minimum Gasteiger partial charge on any atom is -0.352 e. The van der Waals surface area contributed by atoms with Crippen LogP contribution in [-0.2, 0) is 20.4 Å². The number of halogens is 2. The van der Waals surface area contributed by atoms with Crippen molar-refractivity contribution < 1.29 is 24.8 Å². The molecule has 3 rings (SSSR count). The van der Waals surface area contributed by atoms with Gasteiger partial charge in [-0.05, 0) is 54.4 Å². The van der Waals surface area contributed by atoms with E-state index in [1.807, 2.05) is 0 Å². The summed E-state index contributed by atoms with van der Waals surface area (Å²) in [5.41, 5.74) is 1.85. The summed E-state index contributed by atoms with van der Waals surface area (Å²) in [6, 6.07) is 7.46. The van der Waals surface area contributed by atoms with Crippen molar-refractivity contribution in [3.8, 4) is 0 Å². The van der Waals surface area contributed by atoms with Gasteiger partial charge in [-0.1, -0.05) is 45.7 Å². The van der Waals surface area contributed by atoms with E-state index in [4.69, 9.17) is 0 Å². The topological polar surface area (TPSA) is 0 Å².